The van der Waals surface area contributed by atoms with Gasteiger partial charge in [0.2, 0.25) is 5.91 Å². The fourth-order valence-corrected chi connectivity index (χ4v) is 6.04. The molecule has 6 nitrogen and oxygen atoms in total. The van der Waals surface area contributed by atoms with Gasteiger partial charge in [-0.3, -0.25) is 9.59 Å². The fraction of sp³-hybridized carbons (Fsp3) is 0.902. The maximum absolute atomic E-state index is 12.7. The zero-order valence-corrected chi connectivity index (χ0v) is 31.8. The highest BCUT2D eigenvalue weighted by Gasteiger charge is 2.16. The zero-order chi connectivity index (χ0) is 34.5. The van der Waals surface area contributed by atoms with Gasteiger partial charge in [-0.2, -0.15) is 0 Å². The van der Waals surface area contributed by atoms with Crippen LogP contribution >= 0.6 is 0 Å². The number of hydrogen-bond acceptors (Lipinski definition) is 5. The average Bonchev–Trinajstić information content (AvgIpc) is 3.06. The van der Waals surface area contributed by atoms with Crippen LogP contribution in [0.2, 0.25) is 0 Å². The Kier molecular flexibility index (Phi) is 36.0. The number of methoxy groups -OCH3 is 1. The molecule has 0 aromatic heterocycles. The summed E-state index contributed by atoms with van der Waals surface area (Å²) in [7, 11) is 1.61. The maximum atomic E-state index is 12.7. The normalized spacial score (nSPS) is 12.8. The van der Waals surface area contributed by atoms with E-state index >= 15 is 0 Å². The quantitative estimate of drug-likeness (QED) is 0.0406. The number of carbonyl (C=O) groups is 2. The first-order valence-electron chi connectivity index (χ1n) is 20.3. The van der Waals surface area contributed by atoms with Gasteiger partial charge in [-0.15, -0.1) is 0 Å². The molecule has 0 aliphatic rings. The molecule has 0 aromatic carbocycles. The average molecular weight is 666 g/mol. The summed E-state index contributed by atoms with van der Waals surface area (Å²) in [6.07, 6.45) is 37.1. The third-order valence-corrected chi connectivity index (χ3v) is 9.09. The van der Waals surface area contributed by atoms with Crippen LogP contribution in [0.15, 0.2) is 12.3 Å². The highest BCUT2D eigenvalue weighted by atomic mass is 16.5. The molecular formula is C41H79NO5. The maximum Gasteiger partial charge on any atom is 0.306 e. The first-order valence-corrected chi connectivity index (χ1v) is 20.3. The lowest BCUT2D eigenvalue weighted by Crippen LogP contribution is -2.37. The van der Waals surface area contributed by atoms with Crippen LogP contribution in [0.5, 0.6) is 0 Å². The van der Waals surface area contributed by atoms with E-state index in [4.69, 9.17) is 14.2 Å². The molecule has 6 heteroatoms. The van der Waals surface area contributed by atoms with Crippen molar-refractivity contribution in [3.63, 3.8) is 0 Å². The van der Waals surface area contributed by atoms with Crippen LogP contribution in [0.4, 0.5) is 0 Å². The number of unbranched alkanes of at least 4 members (excludes halogenated alkanes) is 22. The van der Waals surface area contributed by atoms with E-state index in [1.165, 1.54) is 128 Å². The van der Waals surface area contributed by atoms with Gasteiger partial charge >= 0.3 is 5.97 Å². The Morgan fingerprint density at radius 3 is 1.51 bits per heavy atom. The van der Waals surface area contributed by atoms with E-state index in [0.717, 1.165) is 38.5 Å². The zero-order valence-electron chi connectivity index (χ0n) is 31.8. The van der Waals surface area contributed by atoms with Gasteiger partial charge in [0.15, 0.2) is 0 Å². The third-order valence-electron chi connectivity index (χ3n) is 9.09. The standard InChI is InChI=1S/C41H79NO5/c1-5-8-11-14-16-18-19-21-22-25-28-31-40(43)42-38(33-35-45-4)37-46-36-34-39(30-27-24-13-10-7-3)47-41(44)32-29-26-23-20-17-15-12-9-6-2/h33,35,38-39H,5-32,34,36-37H2,1-4H3,(H,42,43)/b35-33+. The van der Waals surface area contributed by atoms with Gasteiger partial charge in [0.05, 0.1) is 32.6 Å². The summed E-state index contributed by atoms with van der Waals surface area (Å²) in [5.74, 6) is -0.00673. The van der Waals surface area contributed by atoms with E-state index in [-0.39, 0.29) is 24.0 Å². The number of nitrogens with one attached hydrogen (secondary N) is 1. The molecule has 1 N–H and O–H groups in total. The summed E-state index contributed by atoms with van der Waals surface area (Å²) in [6.45, 7) is 7.61. The van der Waals surface area contributed by atoms with E-state index in [9.17, 15) is 9.59 Å². The molecule has 0 saturated heterocycles. The predicted octanol–water partition coefficient (Wildman–Crippen LogP) is 11.9. The second kappa shape index (κ2) is 37.3. The minimum Gasteiger partial charge on any atom is -0.505 e. The SMILES string of the molecule is CCCCCCCCCCCCCC(=O)NC(/C=C/OC)COCCC(CCCCCCC)OC(=O)CCCCCCCCCCC. The molecule has 0 spiro atoms. The first kappa shape index (κ1) is 45.4. The minimum absolute atomic E-state index is 0.0608. The van der Waals surface area contributed by atoms with Gasteiger partial charge in [-0.05, 0) is 31.8 Å². The molecule has 1 amide bonds. The number of carbonyl (C=O) groups excluding carboxylic acids is 2. The molecule has 2 atom stereocenters. The molecule has 0 heterocycles. The molecule has 278 valence electrons. The number of esters is 1. The van der Waals surface area contributed by atoms with Gasteiger partial charge < -0.3 is 19.5 Å². The van der Waals surface area contributed by atoms with Gasteiger partial charge in [-0.25, -0.2) is 0 Å². The number of ether oxygens (including phenoxy) is 3. The van der Waals surface area contributed by atoms with Gasteiger partial charge in [-0.1, -0.05) is 162 Å². The lowest BCUT2D eigenvalue weighted by molar-refractivity contribution is -0.150. The van der Waals surface area contributed by atoms with E-state index in [1.54, 1.807) is 13.4 Å². The van der Waals surface area contributed by atoms with Crippen molar-refractivity contribution < 1.29 is 23.8 Å². The van der Waals surface area contributed by atoms with Crippen LogP contribution in [0.25, 0.3) is 0 Å². The Morgan fingerprint density at radius 2 is 1.02 bits per heavy atom. The van der Waals surface area contributed by atoms with Crippen molar-refractivity contribution in [1.82, 2.24) is 5.32 Å². The van der Waals surface area contributed by atoms with E-state index < -0.39 is 0 Å². The smallest absolute Gasteiger partial charge is 0.306 e. The second-order valence-electron chi connectivity index (χ2n) is 13.8. The largest absolute Gasteiger partial charge is 0.505 e. The molecule has 0 radical (unpaired) electrons. The first-order chi connectivity index (χ1) is 23.1. The molecule has 0 saturated carbocycles. The lowest BCUT2D eigenvalue weighted by atomic mass is 10.1. The summed E-state index contributed by atoms with van der Waals surface area (Å²) in [6, 6.07) is -0.239. The Labute approximate surface area is 292 Å². The number of amides is 1. The van der Waals surface area contributed by atoms with Crippen molar-refractivity contribution in [2.45, 2.75) is 219 Å². The van der Waals surface area contributed by atoms with Crippen molar-refractivity contribution in [3.8, 4) is 0 Å². The minimum atomic E-state index is -0.239. The molecule has 0 bridgehead atoms. The molecule has 0 aliphatic heterocycles. The van der Waals surface area contributed by atoms with Gasteiger partial charge in [0.25, 0.3) is 0 Å². The summed E-state index contributed by atoms with van der Waals surface area (Å²) < 4.78 is 17.1. The summed E-state index contributed by atoms with van der Waals surface area (Å²) >= 11 is 0. The molecule has 0 aromatic rings. The summed E-state index contributed by atoms with van der Waals surface area (Å²) in [5.41, 5.74) is 0. The monoisotopic (exact) mass is 666 g/mol. The predicted molar refractivity (Wildman–Crippen MR) is 200 cm³/mol. The Hall–Kier alpha value is -1.56. The van der Waals surface area contributed by atoms with Crippen molar-refractivity contribution in [2.75, 3.05) is 20.3 Å². The topological polar surface area (TPSA) is 73.9 Å². The molecule has 47 heavy (non-hydrogen) atoms. The van der Waals surface area contributed by atoms with Crippen LogP contribution in [0, 0.1) is 0 Å². The second-order valence-corrected chi connectivity index (χ2v) is 13.8. The number of hydrogen-bond donors (Lipinski definition) is 1. The molecule has 0 fully saturated rings. The van der Waals surface area contributed by atoms with Crippen LogP contribution < -0.4 is 5.32 Å². The molecule has 2 unspecified atom stereocenters. The van der Waals surface area contributed by atoms with Crippen LogP contribution in [0.1, 0.15) is 207 Å². The summed E-state index contributed by atoms with van der Waals surface area (Å²) in [5, 5.41) is 3.10. The highest BCUT2D eigenvalue weighted by molar-refractivity contribution is 5.76. The van der Waals surface area contributed by atoms with Crippen molar-refractivity contribution in [2.24, 2.45) is 0 Å². The molecular weight excluding hydrogens is 586 g/mol. The van der Waals surface area contributed by atoms with Gasteiger partial charge in [0.1, 0.15) is 6.10 Å². The third kappa shape index (κ3) is 34.1. The van der Waals surface area contributed by atoms with Gasteiger partial charge in [0, 0.05) is 19.3 Å². The van der Waals surface area contributed by atoms with Crippen LogP contribution in [-0.2, 0) is 23.8 Å². The fourth-order valence-electron chi connectivity index (χ4n) is 6.04. The van der Waals surface area contributed by atoms with E-state index in [0.29, 0.717) is 32.5 Å². The van der Waals surface area contributed by atoms with E-state index in [2.05, 4.69) is 26.1 Å². The Balaban J connectivity index is 4.37. The molecule has 0 aliphatic carbocycles. The molecule has 0 rings (SSSR count). The van der Waals surface area contributed by atoms with Crippen LogP contribution in [0.3, 0.4) is 0 Å². The Bertz CT molecular complexity index is 697. The highest BCUT2D eigenvalue weighted by Crippen LogP contribution is 2.16. The lowest BCUT2D eigenvalue weighted by Gasteiger charge is -2.20. The van der Waals surface area contributed by atoms with Crippen molar-refractivity contribution in [3.05, 3.63) is 12.3 Å². The summed E-state index contributed by atoms with van der Waals surface area (Å²) in [4.78, 5) is 25.3. The van der Waals surface area contributed by atoms with Crippen molar-refractivity contribution >= 4 is 11.9 Å². The van der Waals surface area contributed by atoms with Crippen LogP contribution in [-0.4, -0.2) is 44.3 Å². The van der Waals surface area contributed by atoms with Crippen molar-refractivity contribution in [1.29, 1.82) is 0 Å². The number of rotatable bonds is 37. The van der Waals surface area contributed by atoms with E-state index in [1.807, 2.05) is 6.08 Å². The Morgan fingerprint density at radius 1 is 0.574 bits per heavy atom.